The van der Waals surface area contributed by atoms with E-state index in [9.17, 15) is 8.42 Å². The van der Waals surface area contributed by atoms with Crippen molar-refractivity contribution in [1.29, 1.82) is 0 Å². The molecule has 3 aromatic rings. The van der Waals surface area contributed by atoms with Gasteiger partial charge in [0.05, 0.1) is 27.0 Å². The highest BCUT2D eigenvalue weighted by Crippen LogP contribution is 2.40. The predicted molar refractivity (Wildman–Crippen MR) is 123 cm³/mol. The third-order valence-electron chi connectivity index (χ3n) is 4.41. The summed E-state index contributed by atoms with van der Waals surface area (Å²) in [6.45, 7) is 8.44. The SMILES string of the molecule is CCN(C)S(=O)(=O)Nc1cccc(-c2nc(C(C)(C)C)sc2-c2ccnc(N)n2)c1. The average molecular weight is 447 g/mol. The summed E-state index contributed by atoms with van der Waals surface area (Å²) in [5.41, 5.74) is 8.30. The normalized spacial score (nSPS) is 12.3. The van der Waals surface area contributed by atoms with Gasteiger partial charge in [-0.3, -0.25) is 4.72 Å². The van der Waals surface area contributed by atoms with Crippen molar-refractivity contribution in [3.8, 4) is 21.8 Å². The monoisotopic (exact) mass is 446 g/mol. The Kier molecular flexibility index (Phi) is 6.11. The van der Waals surface area contributed by atoms with Crippen LogP contribution in [0.15, 0.2) is 36.5 Å². The molecule has 3 rings (SSSR count). The van der Waals surface area contributed by atoms with Crippen LogP contribution in [0.4, 0.5) is 11.6 Å². The Morgan fingerprint density at radius 2 is 1.93 bits per heavy atom. The van der Waals surface area contributed by atoms with Gasteiger partial charge in [0, 0.05) is 30.8 Å². The summed E-state index contributed by atoms with van der Waals surface area (Å²) in [5.74, 6) is 0.188. The fraction of sp³-hybridized carbons (Fsp3) is 0.350. The summed E-state index contributed by atoms with van der Waals surface area (Å²) in [4.78, 5) is 14.1. The minimum atomic E-state index is -3.62. The Hall–Kier alpha value is -2.56. The number of hydrogen-bond donors (Lipinski definition) is 2. The zero-order chi connectivity index (χ0) is 22.1. The van der Waals surface area contributed by atoms with Gasteiger partial charge in [-0.2, -0.15) is 12.7 Å². The van der Waals surface area contributed by atoms with Crippen LogP contribution >= 0.6 is 11.3 Å². The third kappa shape index (κ3) is 4.77. The molecule has 160 valence electrons. The van der Waals surface area contributed by atoms with E-state index in [2.05, 4.69) is 35.5 Å². The van der Waals surface area contributed by atoms with Crippen molar-refractivity contribution < 1.29 is 8.42 Å². The Morgan fingerprint density at radius 3 is 2.57 bits per heavy atom. The quantitative estimate of drug-likeness (QED) is 0.596. The second-order valence-corrected chi connectivity index (χ2v) is 10.6. The Balaban J connectivity index is 2.10. The zero-order valence-electron chi connectivity index (χ0n) is 17.7. The molecule has 0 atom stereocenters. The number of hydrogen-bond acceptors (Lipinski definition) is 7. The van der Waals surface area contributed by atoms with Crippen molar-refractivity contribution in [2.45, 2.75) is 33.1 Å². The molecule has 0 aliphatic rings. The van der Waals surface area contributed by atoms with Crippen molar-refractivity contribution in [1.82, 2.24) is 19.3 Å². The molecule has 3 N–H and O–H groups in total. The van der Waals surface area contributed by atoms with Crippen molar-refractivity contribution >= 4 is 33.2 Å². The predicted octanol–water partition coefficient (Wildman–Crippen LogP) is 3.76. The highest BCUT2D eigenvalue weighted by molar-refractivity contribution is 7.90. The molecule has 1 aromatic carbocycles. The first-order valence-electron chi connectivity index (χ1n) is 9.46. The van der Waals surface area contributed by atoms with Crippen LogP contribution in [0.1, 0.15) is 32.7 Å². The first kappa shape index (κ1) is 22.1. The second kappa shape index (κ2) is 8.29. The smallest absolute Gasteiger partial charge is 0.301 e. The molecular weight excluding hydrogens is 420 g/mol. The minimum Gasteiger partial charge on any atom is -0.368 e. The molecule has 0 aliphatic carbocycles. The molecule has 0 aliphatic heterocycles. The molecule has 30 heavy (non-hydrogen) atoms. The fourth-order valence-corrected chi connectivity index (χ4v) is 4.67. The van der Waals surface area contributed by atoms with E-state index in [1.54, 1.807) is 48.7 Å². The van der Waals surface area contributed by atoms with Gasteiger partial charge >= 0.3 is 10.2 Å². The van der Waals surface area contributed by atoms with E-state index in [-0.39, 0.29) is 11.4 Å². The molecule has 0 unspecified atom stereocenters. The van der Waals surface area contributed by atoms with Gasteiger partial charge in [-0.25, -0.2) is 15.0 Å². The number of rotatable bonds is 6. The van der Waals surface area contributed by atoms with E-state index >= 15 is 0 Å². The Bertz CT molecular complexity index is 1150. The Labute approximate surface area is 181 Å². The van der Waals surface area contributed by atoms with E-state index in [1.165, 1.54) is 11.4 Å². The summed E-state index contributed by atoms with van der Waals surface area (Å²) in [6.07, 6.45) is 1.61. The summed E-state index contributed by atoms with van der Waals surface area (Å²) in [7, 11) is -2.09. The van der Waals surface area contributed by atoms with Crippen molar-refractivity contribution in [3.63, 3.8) is 0 Å². The van der Waals surface area contributed by atoms with Gasteiger partial charge in [-0.05, 0) is 18.2 Å². The van der Waals surface area contributed by atoms with E-state index < -0.39 is 10.2 Å². The summed E-state index contributed by atoms with van der Waals surface area (Å²) in [5, 5.41) is 0.946. The van der Waals surface area contributed by atoms with Crippen molar-refractivity contribution in [2.75, 3.05) is 24.0 Å². The first-order valence-corrected chi connectivity index (χ1v) is 11.7. The van der Waals surface area contributed by atoms with Crippen LogP contribution in [0, 0.1) is 0 Å². The number of benzene rings is 1. The molecule has 10 heteroatoms. The molecule has 0 spiro atoms. The number of anilines is 2. The maximum atomic E-state index is 12.4. The maximum Gasteiger partial charge on any atom is 0.301 e. The molecule has 0 radical (unpaired) electrons. The topological polar surface area (TPSA) is 114 Å². The van der Waals surface area contributed by atoms with Crippen molar-refractivity contribution in [3.05, 3.63) is 41.5 Å². The molecule has 2 heterocycles. The first-order chi connectivity index (χ1) is 14.0. The van der Waals surface area contributed by atoms with Crippen LogP contribution in [0.25, 0.3) is 21.8 Å². The summed E-state index contributed by atoms with van der Waals surface area (Å²) < 4.78 is 28.7. The van der Waals surface area contributed by atoms with E-state index in [0.717, 1.165) is 21.1 Å². The van der Waals surface area contributed by atoms with Gasteiger partial charge in [0.25, 0.3) is 0 Å². The second-order valence-electron chi connectivity index (χ2n) is 7.85. The lowest BCUT2D eigenvalue weighted by Crippen LogP contribution is -2.32. The van der Waals surface area contributed by atoms with Crippen LogP contribution in [0.5, 0.6) is 0 Å². The summed E-state index contributed by atoms with van der Waals surface area (Å²) in [6, 6.07) is 8.98. The number of nitrogens with zero attached hydrogens (tertiary/aromatic N) is 4. The average Bonchev–Trinajstić information content (AvgIpc) is 3.13. The molecule has 0 saturated heterocycles. The van der Waals surface area contributed by atoms with E-state index in [4.69, 9.17) is 10.7 Å². The molecule has 0 bridgehead atoms. The van der Waals surface area contributed by atoms with Crippen LogP contribution in [0.2, 0.25) is 0 Å². The molecule has 2 aromatic heterocycles. The number of aromatic nitrogens is 3. The van der Waals surface area contributed by atoms with Gasteiger partial charge in [0.2, 0.25) is 5.95 Å². The Morgan fingerprint density at radius 1 is 1.20 bits per heavy atom. The molecule has 8 nitrogen and oxygen atoms in total. The number of nitrogen functional groups attached to an aromatic ring is 1. The molecular formula is C20H26N6O2S2. The number of nitrogens with two attached hydrogens (primary N) is 1. The highest BCUT2D eigenvalue weighted by atomic mass is 32.2. The standard InChI is InChI=1S/C20H26N6O2S2/c1-6-26(5)30(27,28)25-14-9-7-8-13(12-14)16-17(15-10-11-22-19(21)23-15)29-18(24-16)20(2,3)4/h7-12,25H,6H2,1-5H3,(H2,21,22,23). The third-order valence-corrected chi connectivity index (χ3v) is 7.49. The molecule has 0 amide bonds. The van der Waals surface area contributed by atoms with Crippen LogP contribution < -0.4 is 10.5 Å². The van der Waals surface area contributed by atoms with Gasteiger partial charge in [-0.1, -0.05) is 39.8 Å². The highest BCUT2D eigenvalue weighted by Gasteiger charge is 2.24. The van der Waals surface area contributed by atoms with Gasteiger partial charge in [-0.15, -0.1) is 11.3 Å². The van der Waals surface area contributed by atoms with E-state index in [1.807, 2.05) is 6.07 Å². The van der Waals surface area contributed by atoms with Crippen molar-refractivity contribution in [2.24, 2.45) is 0 Å². The zero-order valence-corrected chi connectivity index (χ0v) is 19.3. The van der Waals surface area contributed by atoms with Crippen LogP contribution in [-0.4, -0.2) is 41.3 Å². The van der Waals surface area contributed by atoms with Crippen LogP contribution in [0.3, 0.4) is 0 Å². The lowest BCUT2D eigenvalue weighted by atomic mass is 9.98. The molecule has 0 saturated carbocycles. The van der Waals surface area contributed by atoms with Gasteiger partial charge < -0.3 is 5.73 Å². The number of thiazole rings is 1. The lowest BCUT2D eigenvalue weighted by Gasteiger charge is -2.16. The van der Waals surface area contributed by atoms with Gasteiger partial charge in [0.15, 0.2) is 0 Å². The van der Waals surface area contributed by atoms with Gasteiger partial charge in [0.1, 0.15) is 0 Å². The largest absolute Gasteiger partial charge is 0.368 e. The summed E-state index contributed by atoms with van der Waals surface area (Å²) >= 11 is 1.55. The lowest BCUT2D eigenvalue weighted by molar-refractivity contribution is 0.491. The van der Waals surface area contributed by atoms with Crippen LogP contribution in [-0.2, 0) is 15.6 Å². The minimum absolute atomic E-state index is 0.153. The number of nitrogens with one attached hydrogen (secondary N) is 1. The molecule has 0 fully saturated rings. The fourth-order valence-electron chi connectivity index (χ4n) is 2.64. The van der Waals surface area contributed by atoms with E-state index in [0.29, 0.717) is 17.9 Å². The maximum absolute atomic E-state index is 12.4.